The van der Waals surface area contributed by atoms with E-state index in [1.54, 1.807) is 11.4 Å². The van der Waals surface area contributed by atoms with Crippen LogP contribution in [0, 0.1) is 0 Å². The van der Waals surface area contributed by atoms with Gasteiger partial charge in [0.15, 0.2) is 11.2 Å². The molecule has 174 valence electrons. The highest BCUT2D eigenvalue weighted by Crippen LogP contribution is 2.32. The largest absolute Gasteiger partial charge is 0.492 e. The molecule has 9 heteroatoms. The van der Waals surface area contributed by atoms with Crippen molar-refractivity contribution in [2.45, 2.75) is 19.9 Å². The first-order valence-electron chi connectivity index (χ1n) is 11.0. The summed E-state index contributed by atoms with van der Waals surface area (Å²) < 4.78 is 11.9. The van der Waals surface area contributed by atoms with Gasteiger partial charge in [-0.25, -0.2) is 4.79 Å². The zero-order chi connectivity index (χ0) is 24.0. The van der Waals surface area contributed by atoms with Gasteiger partial charge in [-0.15, -0.1) is 0 Å². The molecule has 0 fully saturated rings. The number of aryl methyl sites for hydroxylation is 3. The Morgan fingerprint density at radius 1 is 1.03 bits per heavy atom. The highest BCUT2D eigenvalue weighted by atomic mass is 35.5. The van der Waals surface area contributed by atoms with Crippen molar-refractivity contribution in [2.75, 3.05) is 6.61 Å². The van der Waals surface area contributed by atoms with E-state index in [2.05, 4.69) is 16.7 Å². The van der Waals surface area contributed by atoms with E-state index >= 15 is 0 Å². The zero-order valence-corrected chi connectivity index (χ0v) is 19.9. The summed E-state index contributed by atoms with van der Waals surface area (Å²) in [5.74, 6) is 1.21. The molecular weight excluding hydrogens is 454 g/mol. The Bertz CT molecular complexity index is 1640. The molecule has 0 aliphatic carbocycles. The summed E-state index contributed by atoms with van der Waals surface area (Å²) in [7, 11) is 3.10. The number of benzene rings is 2. The summed E-state index contributed by atoms with van der Waals surface area (Å²) in [5.41, 5.74) is 2.84. The summed E-state index contributed by atoms with van der Waals surface area (Å²) in [6, 6.07) is 15.8. The highest BCUT2D eigenvalue weighted by Gasteiger charge is 2.21. The Balaban J connectivity index is 1.74. The van der Waals surface area contributed by atoms with Crippen molar-refractivity contribution in [3.05, 3.63) is 86.2 Å². The van der Waals surface area contributed by atoms with E-state index in [-0.39, 0.29) is 5.56 Å². The van der Waals surface area contributed by atoms with Crippen molar-refractivity contribution in [1.29, 1.82) is 0 Å². The van der Waals surface area contributed by atoms with E-state index in [1.807, 2.05) is 49.5 Å². The quantitative estimate of drug-likeness (QED) is 0.374. The molecule has 0 N–H and O–H groups in total. The maximum absolute atomic E-state index is 13.0. The fraction of sp³-hybridized carbons (Fsp3) is 0.240. The molecule has 0 saturated heterocycles. The summed E-state index contributed by atoms with van der Waals surface area (Å²) in [6.07, 6.45) is 2.65. The van der Waals surface area contributed by atoms with E-state index in [1.165, 1.54) is 17.2 Å². The van der Waals surface area contributed by atoms with Crippen LogP contribution in [0.1, 0.15) is 12.5 Å². The van der Waals surface area contributed by atoms with Gasteiger partial charge in [0.05, 0.1) is 17.3 Å². The van der Waals surface area contributed by atoms with Gasteiger partial charge in [0.25, 0.3) is 5.56 Å². The molecule has 2 aromatic carbocycles. The second-order valence-electron chi connectivity index (χ2n) is 8.14. The third kappa shape index (κ3) is 3.51. The third-order valence-corrected chi connectivity index (χ3v) is 6.35. The summed E-state index contributed by atoms with van der Waals surface area (Å²) in [5, 5.41) is 0.510. The molecule has 34 heavy (non-hydrogen) atoms. The molecule has 0 bridgehead atoms. The molecule has 0 saturated carbocycles. The lowest BCUT2D eigenvalue weighted by Crippen LogP contribution is -2.37. The molecule has 5 rings (SSSR count). The van der Waals surface area contributed by atoms with Crippen LogP contribution < -0.4 is 16.0 Å². The standard InChI is InChI=1S/C25H24ClN5O3/c1-4-34-20-11-10-17(14-18(20)26)19-15-31-21-22(28(2)25(33)29(3)23(21)32)27-24(31)30(19)13-12-16-8-6-5-7-9-16/h5-11,14-15H,4,12-13H2,1-3H3. The molecule has 0 spiro atoms. The Hall–Kier alpha value is -3.78. The summed E-state index contributed by atoms with van der Waals surface area (Å²) in [6.45, 7) is 3.06. The van der Waals surface area contributed by atoms with Crippen LogP contribution in [0.5, 0.6) is 5.75 Å². The predicted octanol–water partition coefficient (Wildman–Crippen LogP) is 3.65. The van der Waals surface area contributed by atoms with Crippen LogP contribution in [0.4, 0.5) is 0 Å². The van der Waals surface area contributed by atoms with Gasteiger partial charge >= 0.3 is 5.69 Å². The first-order valence-corrected chi connectivity index (χ1v) is 11.4. The number of halogens is 1. The molecular formula is C25H24ClN5O3. The van der Waals surface area contributed by atoms with Crippen molar-refractivity contribution < 1.29 is 4.74 Å². The molecule has 3 heterocycles. The van der Waals surface area contributed by atoms with Crippen molar-refractivity contribution >= 4 is 28.5 Å². The Morgan fingerprint density at radius 2 is 1.79 bits per heavy atom. The van der Waals surface area contributed by atoms with Crippen LogP contribution in [-0.4, -0.2) is 29.7 Å². The minimum Gasteiger partial charge on any atom is -0.492 e. The van der Waals surface area contributed by atoms with Gasteiger partial charge < -0.3 is 9.30 Å². The molecule has 0 atom stereocenters. The predicted molar refractivity (Wildman–Crippen MR) is 133 cm³/mol. The molecule has 3 aromatic heterocycles. The number of rotatable bonds is 6. The summed E-state index contributed by atoms with van der Waals surface area (Å²) >= 11 is 6.49. The van der Waals surface area contributed by atoms with Gasteiger partial charge in [-0.1, -0.05) is 41.9 Å². The van der Waals surface area contributed by atoms with Crippen LogP contribution in [0.3, 0.4) is 0 Å². The molecule has 8 nitrogen and oxygen atoms in total. The highest BCUT2D eigenvalue weighted by molar-refractivity contribution is 6.32. The van der Waals surface area contributed by atoms with E-state index in [4.69, 9.17) is 21.3 Å². The number of imidazole rings is 2. The normalized spacial score (nSPS) is 11.5. The maximum atomic E-state index is 13.0. The molecule has 0 radical (unpaired) electrons. The molecule has 0 aliphatic heterocycles. The smallest absolute Gasteiger partial charge is 0.332 e. The van der Waals surface area contributed by atoms with E-state index < -0.39 is 5.69 Å². The van der Waals surface area contributed by atoms with Crippen LogP contribution in [0.2, 0.25) is 5.02 Å². The minimum absolute atomic E-state index is 0.354. The van der Waals surface area contributed by atoms with Gasteiger partial charge in [-0.05, 0) is 37.1 Å². The van der Waals surface area contributed by atoms with Gasteiger partial charge in [0.2, 0.25) is 5.78 Å². The van der Waals surface area contributed by atoms with Crippen molar-refractivity contribution in [3.8, 4) is 17.0 Å². The SMILES string of the molecule is CCOc1ccc(-c2cn3c4c(=O)n(C)c(=O)n(C)c4nc3n2CCc2ccccc2)cc1Cl. The second kappa shape index (κ2) is 8.53. The van der Waals surface area contributed by atoms with Gasteiger partial charge in [-0.2, -0.15) is 4.98 Å². The zero-order valence-electron chi connectivity index (χ0n) is 19.2. The average Bonchev–Trinajstić information content (AvgIpc) is 3.38. The number of hydrogen-bond acceptors (Lipinski definition) is 4. The number of hydrogen-bond donors (Lipinski definition) is 0. The fourth-order valence-corrected chi connectivity index (χ4v) is 4.52. The van der Waals surface area contributed by atoms with Crippen molar-refractivity contribution in [2.24, 2.45) is 14.1 Å². The number of ether oxygens (including phenoxy) is 1. The molecule has 5 aromatic rings. The lowest BCUT2D eigenvalue weighted by Gasteiger charge is -2.11. The van der Waals surface area contributed by atoms with E-state index in [9.17, 15) is 9.59 Å². The average molecular weight is 478 g/mol. The first-order chi connectivity index (χ1) is 16.4. The number of aromatic nitrogens is 5. The van der Waals surface area contributed by atoms with Crippen LogP contribution in [0.25, 0.3) is 28.2 Å². The monoisotopic (exact) mass is 477 g/mol. The van der Waals surface area contributed by atoms with Crippen LogP contribution >= 0.6 is 11.6 Å². The lowest BCUT2D eigenvalue weighted by molar-refractivity contribution is 0.340. The topological polar surface area (TPSA) is 75.5 Å². The van der Waals surface area contributed by atoms with Gasteiger partial charge in [-0.3, -0.25) is 18.3 Å². The first kappa shape index (κ1) is 22.0. The summed E-state index contributed by atoms with van der Waals surface area (Å²) in [4.78, 5) is 30.2. The molecule has 0 unspecified atom stereocenters. The Labute approximate surface area is 200 Å². The number of nitrogens with zero attached hydrogens (tertiary/aromatic N) is 5. The minimum atomic E-state index is -0.410. The third-order valence-electron chi connectivity index (χ3n) is 6.05. The van der Waals surface area contributed by atoms with Crippen LogP contribution in [-0.2, 0) is 27.1 Å². The Morgan fingerprint density at radius 3 is 2.50 bits per heavy atom. The molecule has 0 amide bonds. The van der Waals surface area contributed by atoms with Crippen molar-refractivity contribution in [3.63, 3.8) is 0 Å². The van der Waals surface area contributed by atoms with Gasteiger partial charge in [0.1, 0.15) is 5.75 Å². The van der Waals surface area contributed by atoms with Crippen LogP contribution in [0.15, 0.2) is 64.3 Å². The van der Waals surface area contributed by atoms with Gasteiger partial charge in [0, 0.05) is 32.4 Å². The maximum Gasteiger partial charge on any atom is 0.332 e. The lowest BCUT2D eigenvalue weighted by atomic mass is 10.1. The van der Waals surface area contributed by atoms with E-state index in [0.717, 1.165) is 22.2 Å². The fourth-order valence-electron chi connectivity index (χ4n) is 4.28. The number of fused-ring (bicyclic) bond motifs is 3. The van der Waals surface area contributed by atoms with E-state index in [0.29, 0.717) is 40.9 Å². The molecule has 0 aliphatic rings. The second-order valence-corrected chi connectivity index (χ2v) is 8.55. The van der Waals surface area contributed by atoms with Crippen molar-refractivity contribution in [1.82, 2.24) is 23.1 Å². The Kier molecular flexibility index (Phi) is 5.53.